The van der Waals surface area contributed by atoms with Crippen LogP contribution in [0.3, 0.4) is 0 Å². The quantitative estimate of drug-likeness (QED) is 0.641. The number of rotatable bonds is 8. The number of benzene rings is 2. The number of hydrogen-bond donors (Lipinski definition) is 2. The number of carbonyl (C=O) groups is 3. The smallest absolute Gasteiger partial charge is 0.254 e. The molecule has 0 spiro atoms. The van der Waals surface area contributed by atoms with Crippen molar-refractivity contribution in [3.05, 3.63) is 58.1 Å². The molecule has 0 atom stereocenters. The zero-order valence-electron chi connectivity index (χ0n) is 16.9. The Morgan fingerprint density at radius 2 is 1.60 bits per heavy atom. The van der Waals surface area contributed by atoms with Crippen LogP contribution in [0.25, 0.3) is 0 Å². The van der Waals surface area contributed by atoms with Gasteiger partial charge in [-0.05, 0) is 56.3 Å². The molecule has 9 heteroatoms. The predicted octanol–water partition coefficient (Wildman–Crippen LogP) is 3.61. The summed E-state index contributed by atoms with van der Waals surface area (Å²) in [4.78, 5) is 38.5. The Labute approximate surface area is 185 Å². The number of hydrogen-bond acceptors (Lipinski definition) is 4. The highest BCUT2D eigenvalue weighted by Gasteiger charge is 2.22. The molecule has 0 aliphatic heterocycles. The Morgan fingerprint density at radius 1 is 1.00 bits per heavy atom. The van der Waals surface area contributed by atoms with Crippen LogP contribution in [0.2, 0.25) is 10.0 Å². The largest absolute Gasteiger partial charge is 0.497 e. The third-order valence-corrected chi connectivity index (χ3v) is 4.56. The maximum atomic E-state index is 12.8. The van der Waals surface area contributed by atoms with Crippen molar-refractivity contribution in [1.29, 1.82) is 0 Å². The first-order chi connectivity index (χ1) is 14.2. The van der Waals surface area contributed by atoms with Gasteiger partial charge in [-0.25, -0.2) is 0 Å². The van der Waals surface area contributed by atoms with Gasteiger partial charge in [0.1, 0.15) is 12.3 Å². The maximum absolute atomic E-state index is 12.8. The van der Waals surface area contributed by atoms with E-state index in [2.05, 4.69) is 10.6 Å². The van der Waals surface area contributed by atoms with Gasteiger partial charge in [-0.1, -0.05) is 23.2 Å². The number of methoxy groups -OCH3 is 1. The lowest BCUT2D eigenvalue weighted by atomic mass is 10.1. The molecule has 2 rings (SSSR count). The lowest BCUT2D eigenvalue weighted by molar-refractivity contribution is -0.124. The van der Waals surface area contributed by atoms with E-state index >= 15 is 0 Å². The second-order valence-electron chi connectivity index (χ2n) is 6.74. The first-order valence-corrected chi connectivity index (χ1v) is 9.93. The van der Waals surface area contributed by atoms with Gasteiger partial charge in [-0.2, -0.15) is 0 Å². The van der Waals surface area contributed by atoms with Crippen molar-refractivity contribution in [2.45, 2.75) is 19.9 Å². The lowest BCUT2D eigenvalue weighted by Gasteiger charge is -2.26. The van der Waals surface area contributed by atoms with Gasteiger partial charge in [-0.15, -0.1) is 0 Å². The van der Waals surface area contributed by atoms with Crippen molar-refractivity contribution in [3.8, 4) is 5.75 Å². The molecule has 0 radical (unpaired) electrons. The fourth-order valence-electron chi connectivity index (χ4n) is 2.60. The van der Waals surface area contributed by atoms with Crippen LogP contribution in [0.5, 0.6) is 5.75 Å². The first kappa shape index (κ1) is 23.5. The van der Waals surface area contributed by atoms with E-state index in [0.717, 1.165) is 0 Å². The molecule has 3 amide bonds. The summed E-state index contributed by atoms with van der Waals surface area (Å²) < 4.78 is 5.06. The Morgan fingerprint density at radius 3 is 2.13 bits per heavy atom. The van der Waals surface area contributed by atoms with Crippen molar-refractivity contribution in [2.24, 2.45) is 0 Å². The van der Waals surface area contributed by atoms with Crippen molar-refractivity contribution < 1.29 is 19.1 Å². The van der Waals surface area contributed by atoms with Gasteiger partial charge in [0.05, 0.1) is 13.7 Å². The second-order valence-corrected chi connectivity index (χ2v) is 7.61. The van der Waals surface area contributed by atoms with Gasteiger partial charge in [0, 0.05) is 27.3 Å². The van der Waals surface area contributed by atoms with Crippen molar-refractivity contribution >= 4 is 46.6 Å². The zero-order valence-corrected chi connectivity index (χ0v) is 18.4. The number of halogens is 2. The summed E-state index contributed by atoms with van der Waals surface area (Å²) in [5.74, 6) is -0.569. The maximum Gasteiger partial charge on any atom is 0.254 e. The van der Waals surface area contributed by atoms with Gasteiger partial charge in [0.25, 0.3) is 5.91 Å². The number of nitrogens with zero attached hydrogens (tertiary/aromatic N) is 1. The minimum atomic E-state index is -0.463. The highest BCUT2D eigenvalue weighted by molar-refractivity contribution is 6.35. The zero-order chi connectivity index (χ0) is 22.3. The molecule has 160 valence electrons. The SMILES string of the molecule is COc1ccc(NC(=O)CNC(=O)CN(C(=O)c2cc(Cl)cc(Cl)c2)C(C)C)cc1. The average molecular weight is 452 g/mol. The van der Waals surface area contributed by atoms with Gasteiger partial charge >= 0.3 is 0 Å². The van der Waals surface area contributed by atoms with Crippen molar-refractivity contribution in [2.75, 3.05) is 25.5 Å². The molecule has 0 saturated heterocycles. The van der Waals surface area contributed by atoms with Gasteiger partial charge in [-0.3, -0.25) is 14.4 Å². The highest BCUT2D eigenvalue weighted by atomic mass is 35.5. The van der Waals surface area contributed by atoms with Crippen LogP contribution in [0.15, 0.2) is 42.5 Å². The van der Waals surface area contributed by atoms with Gasteiger partial charge in [0.15, 0.2) is 0 Å². The molecule has 2 aromatic carbocycles. The van der Waals surface area contributed by atoms with E-state index < -0.39 is 11.8 Å². The van der Waals surface area contributed by atoms with Crippen LogP contribution < -0.4 is 15.4 Å². The Hall–Kier alpha value is -2.77. The standard InChI is InChI=1S/C21H23Cl2N3O4/c1-13(2)26(21(29)14-8-15(22)10-16(23)9-14)12-20(28)24-11-19(27)25-17-4-6-18(30-3)7-5-17/h4-10,13H,11-12H2,1-3H3,(H,24,28)(H,25,27). The molecule has 0 aliphatic rings. The molecular weight excluding hydrogens is 429 g/mol. The molecule has 0 fully saturated rings. The molecule has 2 N–H and O–H groups in total. The first-order valence-electron chi connectivity index (χ1n) is 9.17. The average Bonchev–Trinajstić information content (AvgIpc) is 2.69. The predicted molar refractivity (Wildman–Crippen MR) is 117 cm³/mol. The Kier molecular flexibility index (Phi) is 8.50. The third-order valence-electron chi connectivity index (χ3n) is 4.13. The molecule has 0 aliphatic carbocycles. The lowest BCUT2D eigenvalue weighted by Crippen LogP contribution is -2.45. The third kappa shape index (κ3) is 6.93. The van der Waals surface area contributed by atoms with E-state index in [-0.39, 0.29) is 30.6 Å². The van der Waals surface area contributed by atoms with Gasteiger partial charge < -0.3 is 20.3 Å². The van der Waals surface area contributed by atoms with E-state index in [9.17, 15) is 14.4 Å². The molecule has 0 bridgehead atoms. The number of anilines is 1. The molecule has 2 aromatic rings. The summed E-state index contributed by atoms with van der Waals surface area (Å²) in [6.45, 7) is 3.13. The normalized spacial score (nSPS) is 10.5. The van der Waals surface area contributed by atoms with Crippen LogP contribution in [0, 0.1) is 0 Å². The minimum absolute atomic E-state index is 0.212. The van der Waals surface area contributed by atoms with Crippen molar-refractivity contribution in [1.82, 2.24) is 10.2 Å². The number of nitrogens with one attached hydrogen (secondary N) is 2. The molecule has 0 saturated carbocycles. The molecule has 0 aromatic heterocycles. The van der Waals surface area contributed by atoms with Crippen LogP contribution in [-0.4, -0.2) is 48.9 Å². The van der Waals surface area contributed by atoms with Crippen LogP contribution in [0.4, 0.5) is 5.69 Å². The number of amides is 3. The van der Waals surface area contributed by atoms with Crippen LogP contribution >= 0.6 is 23.2 Å². The van der Waals surface area contributed by atoms with Gasteiger partial charge in [0.2, 0.25) is 11.8 Å². The topological polar surface area (TPSA) is 87.7 Å². The Bertz CT molecular complexity index is 897. The highest BCUT2D eigenvalue weighted by Crippen LogP contribution is 2.21. The summed E-state index contributed by atoms with van der Waals surface area (Å²) in [6.07, 6.45) is 0. The number of carbonyl (C=O) groups excluding carboxylic acids is 3. The van der Waals surface area contributed by atoms with E-state index in [4.69, 9.17) is 27.9 Å². The van der Waals surface area contributed by atoms with E-state index in [0.29, 0.717) is 21.5 Å². The summed E-state index contributed by atoms with van der Waals surface area (Å²) in [6, 6.07) is 11.0. The van der Waals surface area contributed by atoms with Crippen LogP contribution in [0.1, 0.15) is 24.2 Å². The second kappa shape index (κ2) is 10.8. The monoisotopic (exact) mass is 451 g/mol. The van der Waals surface area contributed by atoms with E-state index in [1.807, 2.05) is 0 Å². The van der Waals surface area contributed by atoms with Crippen molar-refractivity contribution in [3.63, 3.8) is 0 Å². The minimum Gasteiger partial charge on any atom is -0.497 e. The molecule has 0 unspecified atom stereocenters. The number of ether oxygens (including phenoxy) is 1. The summed E-state index contributed by atoms with van der Waals surface area (Å²) in [7, 11) is 1.55. The summed E-state index contributed by atoms with van der Waals surface area (Å²) in [5, 5.41) is 5.84. The summed E-state index contributed by atoms with van der Waals surface area (Å²) >= 11 is 11.9. The van der Waals surface area contributed by atoms with E-state index in [1.54, 1.807) is 45.2 Å². The Balaban J connectivity index is 1.92. The molecular formula is C21H23Cl2N3O4. The molecule has 7 nitrogen and oxygen atoms in total. The fourth-order valence-corrected chi connectivity index (χ4v) is 3.13. The molecule has 0 heterocycles. The fraction of sp³-hybridized carbons (Fsp3) is 0.286. The molecule has 30 heavy (non-hydrogen) atoms. The van der Waals surface area contributed by atoms with Crippen LogP contribution in [-0.2, 0) is 9.59 Å². The summed E-state index contributed by atoms with van der Waals surface area (Å²) in [5.41, 5.74) is 0.859. The van der Waals surface area contributed by atoms with E-state index in [1.165, 1.54) is 23.1 Å².